The maximum atomic E-state index is 12.7. The van der Waals surface area contributed by atoms with Crippen LogP contribution in [0.4, 0.5) is 0 Å². The highest BCUT2D eigenvalue weighted by Crippen LogP contribution is 2.25. The third kappa shape index (κ3) is 2.51. The van der Waals surface area contributed by atoms with Crippen LogP contribution in [0.3, 0.4) is 0 Å². The van der Waals surface area contributed by atoms with Gasteiger partial charge in [-0.25, -0.2) is 4.79 Å². The molecule has 124 valence electrons. The Morgan fingerprint density at radius 1 is 1.04 bits per heavy atom. The fraction of sp³-hybridized carbons (Fsp3) is 0.0556. The topological polar surface area (TPSA) is 92.2 Å². The first-order valence-corrected chi connectivity index (χ1v) is 7.61. The lowest BCUT2D eigenvalue weighted by Crippen LogP contribution is -2.32. The van der Waals surface area contributed by atoms with E-state index in [-0.39, 0.29) is 5.52 Å². The van der Waals surface area contributed by atoms with Crippen molar-refractivity contribution in [1.29, 1.82) is 0 Å². The largest absolute Gasteiger partial charge is 0.497 e. The lowest BCUT2D eigenvalue weighted by molar-refractivity contribution is 0.415. The second-order valence-corrected chi connectivity index (χ2v) is 5.49. The second kappa shape index (κ2) is 5.79. The Bertz CT molecular complexity index is 1220. The minimum Gasteiger partial charge on any atom is -0.497 e. The van der Waals surface area contributed by atoms with E-state index in [4.69, 9.17) is 4.74 Å². The van der Waals surface area contributed by atoms with Crippen molar-refractivity contribution < 1.29 is 4.74 Å². The molecule has 2 aromatic heterocycles. The predicted octanol–water partition coefficient (Wildman–Crippen LogP) is 2.06. The number of benzene rings is 2. The van der Waals surface area contributed by atoms with E-state index in [0.29, 0.717) is 16.7 Å². The third-order valence-corrected chi connectivity index (χ3v) is 3.96. The fourth-order valence-corrected chi connectivity index (χ4v) is 2.71. The van der Waals surface area contributed by atoms with Gasteiger partial charge in [-0.3, -0.25) is 4.79 Å². The van der Waals surface area contributed by atoms with Crippen LogP contribution in [0.25, 0.3) is 21.9 Å². The zero-order valence-corrected chi connectivity index (χ0v) is 13.3. The smallest absolute Gasteiger partial charge is 0.350 e. The molecule has 0 saturated heterocycles. The van der Waals surface area contributed by atoms with Crippen LogP contribution in [0.5, 0.6) is 5.75 Å². The summed E-state index contributed by atoms with van der Waals surface area (Å²) < 4.78 is 6.01. The fourth-order valence-electron chi connectivity index (χ4n) is 2.71. The standard InChI is InChI=1S/C18H14N4O3/c1-25-12-7-8-14-13(9-12)15-16(20-14)17(23)22(18(24)21-15)19-10-11-5-3-2-4-6-11/h2-10,20H,1H3,(H,21,24)/b19-10+. The summed E-state index contributed by atoms with van der Waals surface area (Å²) >= 11 is 0. The number of nitrogens with one attached hydrogen (secondary N) is 2. The zero-order chi connectivity index (χ0) is 17.4. The van der Waals surface area contributed by atoms with E-state index < -0.39 is 11.2 Å². The highest BCUT2D eigenvalue weighted by molar-refractivity contribution is 6.04. The summed E-state index contributed by atoms with van der Waals surface area (Å²) in [5.74, 6) is 0.639. The summed E-state index contributed by atoms with van der Waals surface area (Å²) in [5, 5.41) is 4.73. The van der Waals surface area contributed by atoms with Crippen LogP contribution in [0.2, 0.25) is 0 Å². The molecule has 0 atom stereocenters. The van der Waals surface area contributed by atoms with Crippen molar-refractivity contribution in [3.63, 3.8) is 0 Å². The molecule has 0 amide bonds. The molecule has 7 heteroatoms. The van der Waals surface area contributed by atoms with Gasteiger partial charge < -0.3 is 14.7 Å². The maximum absolute atomic E-state index is 12.7. The van der Waals surface area contributed by atoms with Crippen molar-refractivity contribution in [1.82, 2.24) is 14.6 Å². The van der Waals surface area contributed by atoms with Crippen LogP contribution >= 0.6 is 0 Å². The molecule has 0 aliphatic heterocycles. The highest BCUT2D eigenvalue weighted by atomic mass is 16.5. The van der Waals surface area contributed by atoms with Crippen molar-refractivity contribution in [2.75, 3.05) is 7.11 Å². The Kier molecular flexibility index (Phi) is 3.46. The van der Waals surface area contributed by atoms with E-state index in [1.54, 1.807) is 25.3 Å². The molecule has 7 nitrogen and oxygen atoms in total. The quantitative estimate of drug-likeness (QED) is 0.562. The molecule has 25 heavy (non-hydrogen) atoms. The molecule has 0 spiro atoms. The van der Waals surface area contributed by atoms with E-state index in [1.165, 1.54) is 6.21 Å². The lowest BCUT2D eigenvalue weighted by atomic mass is 10.2. The normalized spacial score (nSPS) is 11.6. The number of nitrogens with zero attached hydrogens (tertiary/aromatic N) is 2. The summed E-state index contributed by atoms with van der Waals surface area (Å²) in [6.07, 6.45) is 1.47. The van der Waals surface area contributed by atoms with Crippen molar-refractivity contribution >= 4 is 28.2 Å². The summed E-state index contributed by atoms with van der Waals surface area (Å²) in [4.78, 5) is 30.7. The number of H-pyrrole nitrogens is 2. The molecule has 0 aliphatic carbocycles. The molecular weight excluding hydrogens is 320 g/mol. The molecule has 0 radical (unpaired) electrons. The molecule has 0 fully saturated rings. The van der Waals surface area contributed by atoms with Crippen molar-refractivity contribution in [3.05, 3.63) is 74.9 Å². The lowest BCUT2D eigenvalue weighted by Gasteiger charge is -1.99. The Morgan fingerprint density at radius 3 is 2.60 bits per heavy atom. The minimum absolute atomic E-state index is 0.285. The van der Waals surface area contributed by atoms with Crippen LogP contribution in [-0.4, -0.2) is 28.0 Å². The Hall–Kier alpha value is -3.61. The first-order valence-electron chi connectivity index (χ1n) is 7.61. The van der Waals surface area contributed by atoms with Gasteiger partial charge in [-0.2, -0.15) is 5.10 Å². The van der Waals surface area contributed by atoms with E-state index in [9.17, 15) is 9.59 Å². The number of hydrogen-bond acceptors (Lipinski definition) is 4. The Labute approximate surface area is 141 Å². The first kappa shape index (κ1) is 14.9. The van der Waals surface area contributed by atoms with Crippen LogP contribution in [0.1, 0.15) is 5.56 Å². The second-order valence-electron chi connectivity index (χ2n) is 5.49. The number of fused-ring (bicyclic) bond motifs is 3. The highest BCUT2D eigenvalue weighted by Gasteiger charge is 2.13. The maximum Gasteiger partial charge on any atom is 0.350 e. The molecule has 2 aromatic carbocycles. The SMILES string of the molecule is COc1ccc2[nH]c3c(=O)n(/N=C/c4ccccc4)c(=O)[nH]c3c2c1. The molecule has 2 N–H and O–H groups in total. The van der Waals surface area contributed by atoms with Gasteiger partial charge in [0.1, 0.15) is 11.3 Å². The summed E-state index contributed by atoms with van der Waals surface area (Å²) in [6, 6.07) is 14.6. The van der Waals surface area contributed by atoms with Gasteiger partial charge in [-0.15, -0.1) is 4.68 Å². The number of hydrogen-bond donors (Lipinski definition) is 2. The van der Waals surface area contributed by atoms with Crippen molar-refractivity contribution in [2.24, 2.45) is 5.10 Å². The van der Waals surface area contributed by atoms with Gasteiger partial charge in [0.2, 0.25) is 0 Å². The third-order valence-electron chi connectivity index (χ3n) is 3.96. The molecular formula is C18H14N4O3. The van der Waals surface area contributed by atoms with Crippen LogP contribution in [0, 0.1) is 0 Å². The Morgan fingerprint density at radius 2 is 1.84 bits per heavy atom. The summed E-state index contributed by atoms with van der Waals surface area (Å²) in [7, 11) is 1.56. The van der Waals surface area contributed by atoms with Crippen molar-refractivity contribution in [2.45, 2.75) is 0 Å². The summed E-state index contributed by atoms with van der Waals surface area (Å²) in [5.41, 5.74) is 1.13. The van der Waals surface area contributed by atoms with Gasteiger partial charge >= 0.3 is 11.2 Å². The molecule has 0 aliphatic rings. The van der Waals surface area contributed by atoms with Gasteiger partial charge in [0.15, 0.2) is 0 Å². The molecule has 0 saturated carbocycles. The average Bonchev–Trinajstić information content (AvgIpc) is 3.00. The number of ether oxygens (including phenoxy) is 1. The predicted molar refractivity (Wildman–Crippen MR) is 96.7 cm³/mol. The monoisotopic (exact) mass is 334 g/mol. The Balaban J connectivity index is 1.93. The number of methoxy groups -OCH3 is 1. The average molecular weight is 334 g/mol. The minimum atomic E-state index is -0.603. The van der Waals surface area contributed by atoms with E-state index >= 15 is 0 Å². The molecule has 0 unspecified atom stereocenters. The van der Waals surface area contributed by atoms with Crippen LogP contribution in [0.15, 0.2) is 63.2 Å². The summed E-state index contributed by atoms with van der Waals surface area (Å²) in [6.45, 7) is 0. The zero-order valence-electron chi connectivity index (χ0n) is 13.3. The molecule has 2 heterocycles. The molecule has 4 rings (SSSR count). The number of rotatable bonds is 3. The number of aromatic nitrogens is 3. The van der Waals surface area contributed by atoms with E-state index in [0.717, 1.165) is 15.8 Å². The van der Waals surface area contributed by atoms with Gasteiger partial charge in [0.25, 0.3) is 0 Å². The van der Waals surface area contributed by atoms with Crippen molar-refractivity contribution in [3.8, 4) is 5.75 Å². The van der Waals surface area contributed by atoms with Gasteiger partial charge in [0, 0.05) is 10.9 Å². The van der Waals surface area contributed by atoms with Gasteiger partial charge in [-0.1, -0.05) is 30.3 Å². The first-order chi connectivity index (χ1) is 12.2. The van der Waals surface area contributed by atoms with E-state index in [2.05, 4.69) is 15.1 Å². The van der Waals surface area contributed by atoms with Gasteiger partial charge in [0.05, 0.1) is 18.8 Å². The van der Waals surface area contributed by atoms with Crippen LogP contribution < -0.4 is 16.0 Å². The van der Waals surface area contributed by atoms with Gasteiger partial charge in [-0.05, 0) is 23.8 Å². The van der Waals surface area contributed by atoms with E-state index in [1.807, 2.05) is 30.3 Å². The number of aromatic amines is 2. The molecule has 0 bridgehead atoms. The van der Waals surface area contributed by atoms with Crippen LogP contribution in [-0.2, 0) is 0 Å². The molecule has 4 aromatic rings.